The minimum Gasteiger partial charge on any atom is -0.462 e. The summed E-state index contributed by atoms with van der Waals surface area (Å²) in [4.78, 5) is 72.6. The summed E-state index contributed by atoms with van der Waals surface area (Å²) in [6.45, 7) is 7.24. The zero-order chi connectivity index (χ0) is 69.1. The SMILES string of the molecule is CCCCCCCCCCCCCCCCCCCCCCCCC(=O)O[C@H](COC(=O)CCCCCCCCCCCCCC(C)C)COP(=O)(O)OC[C@@H](O)COP(=O)(O)OC[C@@H](COC(=O)CCCCCCCCCC)OC(=O)CCCCCCCCCCCC. The third kappa shape index (κ3) is 68.6. The molecule has 94 heavy (non-hydrogen) atoms. The average Bonchev–Trinajstić information content (AvgIpc) is 2.38. The molecule has 5 atom stereocenters. The summed E-state index contributed by atoms with van der Waals surface area (Å²) in [6.07, 6.45) is 57.1. The lowest BCUT2D eigenvalue weighted by molar-refractivity contribution is -0.161. The number of aliphatic hydroxyl groups is 1. The summed E-state index contributed by atoms with van der Waals surface area (Å²) in [7, 11) is -9.90. The van der Waals surface area contributed by atoms with Crippen molar-refractivity contribution in [3.05, 3.63) is 0 Å². The Morgan fingerprint density at radius 2 is 0.489 bits per heavy atom. The van der Waals surface area contributed by atoms with Gasteiger partial charge in [0, 0.05) is 25.7 Å². The van der Waals surface area contributed by atoms with Gasteiger partial charge < -0.3 is 33.8 Å². The van der Waals surface area contributed by atoms with Crippen LogP contribution < -0.4 is 0 Å². The van der Waals surface area contributed by atoms with Gasteiger partial charge >= 0.3 is 39.5 Å². The molecule has 0 aromatic heterocycles. The van der Waals surface area contributed by atoms with Gasteiger partial charge in [0.1, 0.15) is 19.3 Å². The van der Waals surface area contributed by atoms with Crippen LogP contribution in [0.4, 0.5) is 0 Å². The maximum absolute atomic E-state index is 13.1. The van der Waals surface area contributed by atoms with Crippen LogP contribution in [0.15, 0.2) is 0 Å². The van der Waals surface area contributed by atoms with E-state index in [2.05, 4.69) is 34.6 Å². The van der Waals surface area contributed by atoms with Crippen LogP contribution in [0.5, 0.6) is 0 Å². The molecule has 0 aromatic rings. The Morgan fingerprint density at radius 3 is 0.723 bits per heavy atom. The number of carbonyl (C=O) groups excluding carboxylic acids is 4. The lowest BCUT2D eigenvalue weighted by Gasteiger charge is -2.21. The highest BCUT2D eigenvalue weighted by atomic mass is 31.2. The lowest BCUT2D eigenvalue weighted by atomic mass is 10.0. The highest BCUT2D eigenvalue weighted by Crippen LogP contribution is 2.45. The largest absolute Gasteiger partial charge is 0.472 e. The Balaban J connectivity index is 5.15. The predicted octanol–water partition coefficient (Wildman–Crippen LogP) is 22.1. The second-order valence-corrected chi connectivity index (χ2v) is 30.4. The van der Waals surface area contributed by atoms with Crippen molar-refractivity contribution in [2.24, 2.45) is 5.92 Å². The van der Waals surface area contributed by atoms with Crippen LogP contribution in [-0.4, -0.2) is 96.7 Å². The molecule has 3 N–H and O–H groups in total. The zero-order valence-corrected chi connectivity index (χ0v) is 62.9. The Hall–Kier alpha value is -1.94. The molecule has 0 rings (SSSR count). The van der Waals surface area contributed by atoms with Gasteiger partial charge in [0.15, 0.2) is 12.2 Å². The molecule has 0 aromatic carbocycles. The van der Waals surface area contributed by atoms with Gasteiger partial charge in [-0.25, -0.2) is 9.13 Å². The Kier molecular flexibility index (Phi) is 66.8. The van der Waals surface area contributed by atoms with Crippen LogP contribution >= 0.6 is 15.6 Å². The molecule has 0 amide bonds. The van der Waals surface area contributed by atoms with Gasteiger partial charge in [-0.3, -0.25) is 37.3 Å². The number of esters is 4. The molecule has 2 unspecified atom stereocenters. The van der Waals surface area contributed by atoms with Crippen molar-refractivity contribution in [2.75, 3.05) is 39.6 Å². The molecule has 17 nitrogen and oxygen atoms in total. The molecule has 0 spiro atoms. The number of phosphoric acid groups is 2. The van der Waals surface area contributed by atoms with Crippen LogP contribution in [0.3, 0.4) is 0 Å². The summed E-state index contributed by atoms with van der Waals surface area (Å²) in [5.41, 5.74) is 0. The fraction of sp³-hybridized carbons (Fsp3) is 0.947. The number of unbranched alkanes of at least 4 members (excludes halogenated alkanes) is 47. The Morgan fingerprint density at radius 1 is 0.287 bits per heavy atom. The molecule has 0 aliphatic rings. The molecule has 558 valence electrons. The van der Waals surface area contributed by atoms with Gasteiger partial charge in [-0.1, -0.05) is 343 Å². The Bertz CT molecular complexity index is 1810. The van der Waals surface area contributed by atoms with Gasteiger partial charge in [-0.05, 0) is 31.6 Å². The van der Waals surface area contributed by atoms with Crippen molar-refractivity contribution >= 4 is 39.5 Å². The summed E-state index contributed by atoms with van der Waals surface area (Å²) in [5, 5.41) is 10.6. The first-order valence-electron chi connectivity index (χ1n) is 39.1. The van der Waals surface area contributed by atoms with Crippen molar-refractivity contribution in [3.8, 4) is 0 Å². The maximum atomic E-state index is 13.1. The number of hydrogen-bond donors (Lipinski definition) is 3. The molecule has 19 heteroatoms. The van der Waals surface area contributed by atoms with E-state index in [9.17, 15) is 43.2 Å². The van der Waals surface area contributed by atoms with Crippen LogP contribution in [0.2, 0.25) is 0 Å². The van der Waals surface area contributed by atoms with Crippen molar-refractivity contribution in [1.82, 2.24) is 0 Å². The van der Waals surface area contributed by atoms with E-state index in [1.54, 1.807) is 0 Å². The highest BCUT2D eigenvalue weighted by Gasteiger charge is 2.30. The molecule has 0 aliphatic carbocycles. The average molecular weight is 1380 g/mol. The van der Waals surface area contributed by atoms with E-state index in [0.717, 1.165) is 102 Å². The maximum Gasteiger partial charge on any atom is 0.472 e. The van der Waals surface area contributed by atoms with Crippen molar-refractivity contribution < 1.29 is 80.2 Å². The third-order valence-electron chi connectivity index (χ3n) is 17.5. The predicted molar refractivity (Wildman–Crippen MR) is 382 cm³/mol. The fourth-order valence-electron chi connectivity index (χ4n) is 11.5. The minimum atomic E-state index is -4.95. The van der Waals surface area contributed by atoms with Crippen molar-refractivity contribution in [3.63, 3.8) is 0 Å². The van der Waals surface area contributed by atoms with Crippen molar-refractivity contribution in [2.45, 2.75) is 412 Å². The molecule has 0 aliphatic heterocycles. The molecule has 0 radical (unpaired) electrons. The molecule has 0 bridgehead atoms. The van der Waals surface area contributed by atoms with Gasteiger partial charge in [0.2, 0.25) is 0 Å². The molecular weight excluding hydrogens is 1230 g/mol. The number of carbonyl (C=O) groups is 4. The van der Waals surface area contributed by atoms with E-state index in [1.165, 1.54) is 212 Å². The van der Waals surface area contributed by atoms with Crippen LogP contribution in [0, 0.1) is 5.92 Å². The number of rotatable bonds is 75. The topological polar surface area (TPSA) is 237 Å². The molecular formula is C75H146O17P2. The minimum absolute atomic E-state index is 0.107. The third-order valence-corrected chi connectivity index (χ3v) is 19.4. The monoisotopic (exact) mass is 1380 g/mol. The van der Waals surface area contributed by atoms with Gasteiger partial charge in [0.25, 0.3) is 0 Å². The van der Waals surface area contributed by atoms with Gasteiger partial charge in [-0.2, -0.15) is 0 Å². The van der Waals surface area contributed by atoms with E-state index in [4.69, 9.17) is 37.0 Å². The smallest absolute Gasteiger partial charge is 0.462 e. The lowest BCUT2D eigenvalue weighted by Crippen LogP contribution is -2.30. The standard InChI is InChI=1S/C75H146O17P2/c1-6-9-12-15-18-21-23-24-25-26-27-28-29-30-31-32-33-36-41-46-51-56-61-75(80)92-71(65-86-73(78)59-54-49-44-40-37-34-35-38-42-47-52-57-68(4)5)67-90-94(83,84)88-63-69(76)62-87-93(81,82)89-66-70(64-85-72(77)58-53-48-43-20-17-14-11-8-3)91-74(79)60-55-50-45-39-22-19-16-13-10-7-2/h68-71,76H,6-67H2,1-5H3,(H,81,82)(H,83,84)/t69-,70+,71+/m0/s1. The number of aliphatic hydroxyl groups excluding tert-OH is 1. The summed E-state index contributed by atoms with van der Waals surface area (Å²) < 4.78 is 68.3. The fourth-order valence-corrected chi connectivity index (χ4v) is 13.1. The van der Waals surface area contributed by atoms with E-state index in [1.807, 2.05) is 0 Å². The van der Waals surface area contributed by atoms with Gasteiger partial charge in [0.05, 0.1) is 26.4 Å². The molecule has 0 heterocycles. The van der Waals surface area contributed by atoms with Crippen LogP contribution in [-0.2, 0) is 65.4 Å². The van der Waals surface area contributed by atoms with Gasteiger partial charge in [-0.15, -0.1) is 0 Å². The van der Waals surface area contributed by atoms with Crippen LogP contribution in [0.25, 0.3) is 0 Å². The molecule has 0 saturated carbocycles. The van der Waals surface area contributed by atoms with E-state index in [0.29, 0.717) is 25.7 Å². The zero-order valence-electron chi connectivity index (χ0n) is 61.1. The number of phosphoric ester groups is 2. The van der Waals surface area contributed by atoms with Crippen molar-refractivity contribution in [1.29, 1.82) is 0 Å². The normalized spacial score (nSPS) is 14.0. The Labute approximate surface area is 575 Å². The van der Waals surface area contributed by atoms with Crippen LogP contribution in [0.1, 0.15) is 394 Å². The van der Waals surface area contributed by atoms with E-state index in [-0.39, 0.29) is 25.7 Å². The summed E-state index contributed by atoms with van der Waals surface area (Å²) in [6, 6.07) is 0. The quantitative estimate of drug-likeness (QED) is 0.0222. The first kappa shape index (κ1) is 92.1. The highest BCUT2D eigenvalue weighted by molar-refractivity contribution is 7.47. The first-order valence-corrected chi connectivity index (χ1v) is 42.1. The number of hydrogen-bond acceptors (Lipinski definition) is 15. The number of ether oxygens (including phenoxy) is 4. The molecule has 0 fully saturated rings. The summed E-state index contributed by atoms with van der Waals surface area (Å²) in [5.74, 6) is -1.35. The second-order valence-electron chi connectivity index (χ2n) is 27.5. The summed E-state index contributed by atoms with van der Waals surface area (Å²) >= 11 is 0. The second kappa shape index (κ2) is 68.2. The first-order chi connectivity index (χ1) is 45.5. The molecule has 0 saturated heterocycles. The van der Waals surface area contributed by atoms with E-state index < -0.39 is 97.5 Å². The van der Waals surface area contributed by atoms with E-state index >= 15 is 0 Å².